The molecule has 0 aromatic heterocycles. The van der Waals surface area contributed by atoms with Crippen molar-refractivity contribution in [3.63, 3.8) is 0 Å². The van der Waals surface area contributed by atoms with Gasteiger partial charge < -0.3 is 19.7 Å². The van der Waals surface area contributed by atoms with Gasteiger partial charge in [0.25, 0.3) is 0 Å². The number of hydrogen-bond acceptors (Lipinski definition) is 4. The van der Waals surface area contributed by atoms with E-state index in [1.54, 1.807) is 0 Å². The Kier molecular flexibility index (Phi) is 12.7. The molecule has 2 atom stereocenters. The average molecular weight is 295 g/mol. The highest BCUT2D eigenvalue weighted by molar-refractivity contribution is 6.18. The topological polar surface area (TPSA) is 58.9 Å². The minimum absolute atomic E-state index is 0.138. The molecule has 0 aliphatic rings. The lowest BCUT2D eigenvalue weighted by Gasteiger charge is -2.04. The third-order valence-corrected chi connectivity index (χ3v) is 2.28. The first-order chi connectivity index (χ1) is 8.70. The fourth-order valence-electron chi connectivity index (χ4n) is 0.742. The Labute approximate surface area is 117 Å². The van der Waals surface area contributed by atoms with Crippen molar-refractivity contribution < 1.29 is 19.7 Å². The van der Waals surface area contributed by atoms with Crippen LogP contribution in [0, 0.1) is 23.7 Å². The summed E-state index contributed by atoms with van der Waals surface area (Å²) in [6.07, 6.45) is -1.33. The molecule has 0 aromatic carbocycles. The van der Waals surface area contributed by atoms with Crippen LogP contribution in [0.15, 0.2) is 0 Å². The zero-order chi connectivity index (χ0) is 13.6. The lowest BCUT2D eigenvalue weighted by molar-refractivity contribution is 0.0638. The molecule has 0 aliphatic heterocycles. The van der Waals surface area contributed by atoms with Crippen LogP contribution in [-0.2, 0) is 9.47 Å². The summed E-state index contributed by atoms with van der Waals surface area (Å²) in [5, 5.41) is 18.1. The molecule has 0 bridgehead atoms. The minimum atomic E-state index is -0.665. The first-order valence-corrected chi connectivity index (χ1v) is 6.36. The number of rotatable bonds is 8. The van der Waals surface area contributed by atoms with Crippen molar-refractivity contribution in [3.8, 4) is 23.7 Å². The molecule has 0 fully saturated rings. The van der Waals surface area contributed by atoms with E-state index in [1.807, 2.05) is 0 Å². The molecule has 0 saturated heterocycles. The van der Waals surface area contributed by atoms with Gasteiger partial charge in [-0.25, -0.2) is 0 Å². The van der Waals surface area contributed by atoms with Crippen LogP contribution in [-0.4, -0.2) is 60.6 Å². The van der Waals surface area contributed by atoms with E-state index in [1.165, 1.54) is 0 Å². The van der Waals surface area contributed by atoms with Crippen molar-refractivity contribution in [2.75, 3.05) is 38.2 Å². The Morgan fingerprint density at radius 3 is 1.56 bits per heavy atom. The number of aliphatic hydroxyl groups is 2. The standard InChI is InChI=1S/C12H16Cl2O4/c13-7-11(15)9-17-5-3-1-2-4-6-18-10-12(16)8-14/h11-12,15-16H,5-10H2/t11-,12+. The van der Waals surface area contributed by atoms with Gasteiger partial charge in [0.15, 0.2) is 0 Å². The molecule has 4 nitrogen and oxygen atoms in total. The Bertz CT molecular complexity index is 282. The molecule has 0 saturated carbocycles. The molecule has 0 radical (unpaired) electrons. The molecular formula is C12H16Cl2O4. The summed E-state index contributed by atoms with van der Waals surface area (Å²) < 4.78 is 10.0. The highest BCUT2D eigenvalue weighted by atomic mass is 35.5. The van der Waals surface area contributed by atoms with Crippen molar-refractivity contribution in [1.82, 2.24) is 0 Å². The van der Waals surface area contributed by atoms with Gasteiger partial charge in [0.1, 0.15) is 13.2 Å². The SMILES string of the molecule is O[C@H](CCl)COCC#CC#CCOC[C@@H](O)CCl. The van der Waals surface area contributed by atoms with Gasteiger partial charge in [-0.1, -0.05) is 11.8 Å². The molecule has 0 rings (SSSR count). The van der Waals surface area contributed by atoms with E-state index in [-0.39, 0.29) is 38.2 Å². The van der Waals surface area contributed by atoms with E-state index in [4.69, 9.17) is 42.9 Å². The van der Waals surface area contributed by atoms with Crippen molar-refractivity contribution in [1.29, 1.82) is 0 Å². The molecule has 102 valence electrons. The van der Waals surface area contributed by atoms with Gasteiger partial charge in [0.05, 0.1) is 37.2 Å². The van der Waals surface area contributed by atoms with Gasteiger partial charge in [0, 0.05) is 0 Å². The van der Waals surface area contributed by atoms with Crippen molar-refractivity contribution >= 4 is 23.2 Å². The third kappa shape index (κ3) is 12.0. The second kappa shape index (κ2) is 13.0. The molecule has 0 amide bonds. The van der Waals surface area contributed by atoms with Crippen molar-refractivity contribution in [2.45, 2.75) is 12.2 Å². The summed E-state index contributed by atoms with van der Waals surface area (Å²) in [6, 6.07) is 0. The van der Waals surface area contributed by atoms with Gasteiger partial charge >= 0.3 is 0 Å². The zero-order valence-corrected chi connectivity index (χ0v) is 11.4. The van der Waals surface area contributed by atoms with Crippen molar-refractivity contribution in [3.05, 3.63) is 0 Å². The van der Waals surface area contributed by atoms with Gasteiger partial charge in [-0.3, -0.25) is 0 Å². The molecule has 18 heavy (non-hydrogen) atoms. The second-order valence-corrected chi connectivity index (χ2v) is 3.87. The maximum atomic E-state index is 9.04. The molecule has 0 unspecified atom stereocenters. The summed E-state index contributed by atoms with van der Waals surface area (Å²) >= 11 is 10.7. The second-order valence-electron chi connectivity index (χ2n) is 3.25. The normalized spacial score (nSPS) is 12.9. The van der Waals surface area contributed by atoms with Crippen LogP contribution in [0.1, 0.15) is 0 Å². The summed E-state index contributed by atoms with van der Waals surface area (Å²) in [7, 11) is 0. The number of ether oxygens (including phenoxy) is 2. The van der Waals surface area contributed by atoms with Crippen LogP contribution >= 0.6 is 23.2 Å². The molecule has 0 spiro atoms. The average Bonchev–Trinajstić information content (AvgIpc) is 2.40. The largest absolute Gasteiger partial charge is 0.389 e. The number of halogens is 2. The molecule has 0 aromatic rings. The fraction of sp³-hybridized carbons (Fsp3) is 0.667. The van der Waals surface area contributed by atoms with Gasteiger partial charge in [-0.15, -0.1) is 23.2 Å². The van der Waals surface area contributed by atoms with E-state index >= 15 is 0 Å². The molecule has 0 aliphatic carbocycles. The monoisotopic (exact) mass is 294 g/mol. The van der Waals surface area contributed by atoms with E-state index in [9.17, 15) is 0 Å². The van der Waals surface area contributed by atoms with Gasteiger partial charge in [0.2, 0.25) is 0 Å². The van der Waals surface area contributed by atoms with Crippen LogP contribution in [0.25, 0.3) is 0 Å². The Morgan fingerprint density at radius 1 is 0.833 bits per heavy atom. The number of alkyl halides is 2. The summed E-state index contributed by atoms with van der Waals surface area (Å²) in [5.41, 5.74) is 0. The summed E-state index contributed by atoms with van der Waals surface area (Å²) in [4.78, 5) is 0. The highest BCUT2D eigenvalue weighted by Crippen LogP contribution is 1.88. The summed E-state index contributed by atoms with van der Waals surface area (Å²) in [6.45, 7) is 0.693. The van der Waals surface area contributed by atoms with Crippen LogP contribution in [0.5, 0.6) is 0 Å². The van der Waals surface area contributed by atoms with E-state index in [2.05, 4.69) is 23.7 Å². The van der Waals surface area contributed by atoms with E-state index < -0.39 is 12.2 Å². The summed E-state index contributed by atoms with van der Waals surface area (Å²) in [5.74, 6) is 10.7. The molecular weight excluding hydrogens is 279 g/mol. The first-order valence-electron chi connectivity index (χ1n) is 5.30. The lowest BCUT2D eigenvalue weighted by Crippen LogP contribution is -2.16. The molecule has 0 heterocycles. The fourth-order valence-corrected chi connectivity index (χ4v) is 0.920. The van der Waals surface area contributed by atoms with E-state index in [0.717, 1.165) is 0 Å². The predicted molar refractivity (Wildman–Crippen MR) is 70.6 cm³/mol. The smallest absolute Gasteiger partial charge is 0.108 e. The molecule has 2 N–H and O–H groups in total. The number of aliphatic hydroxyl groups excluding tert-OH is 2. The van der Waals surface area contributed by atoms with E-state index in [0.29, 0.717) is 0 Å². The third-order valence-electron chi connectivity index (χ3n) is 1.56. The van der Waals surface area contributed by atoms with Crippen LogP contribution in [0.4, 0.5) is 0 Å². The van der Waals surface area contributed by atoms with Crippen LogP contribution < -0.4 is 0 Å². The number of hydrogen-bond donors (Lipinski definition) is 2. The molecule has 6 heteroatoms. The van der Waals surface area contributed by atoms with Crippen LogP contribution in [0.3, 0.4) is 0 Å². The first kappa shape index (κ1) is 17.5. The quantitative estimate of drug-likeness (QED) is 0.382. The van der Waals surface area contributed by atoms with Crippen molar-refractivity contribution in [2.24, 2.45) is 0 Å². The van der Waals surface area contributed by atoms with Crippen LogP contribution in [0.2, 0.25) is 0 Å². The Hall–Kier alpha value is -0.460. The lowest BCUT2D eigenvalue weighted by atomic mass is 10.4. The maximum absolute atomic E-state index is 9.04. The van der Waals surface area contributed by atoms with Gasteiger partial charge in [-0.05, 0) is 11.8 Å². The maximum Gasteiger partial charge on any atom is 0.108 e. The zero-order valence-electron chi connectivity index (χ0n) is 9.86. The van der Waals surface area contributed by atoms with Gasteiger partial charge in [-0.2, -0.15) is 0 Å². The minimum Gasteiger partial charge on any atom is -0.389 e. The Morgan fingerprint density at radius 2 is 1.22 bits per heavy atom. The predicted octanol–water partition coefficient (Wildman–Crippen LogP) is 0.226. The Balaban J connectivity index is 3.47. The highest BCUT2D eigenvalue weighted by Gasteiger charge is 1.99.